The minimum atomic E-state index is -3.11. The molecule has 1 unspecified atom stereocenters. The largest absolute Gasteiger partial charge is 0.394 e. The van der Waals surface area contributed by atoms with E-state index < -0.39 is 7.60 Å². The Morgan fingerprint density at radius 2 is 2.04 bits per heavy atom. The molecule has 9 heteroatoms. The van der Waals surface area contributed by atoms with E-state index in [0.29, 0.717) is 25.9 Å². The van der Waals surface area contributed by atoms with Crippen molar-refractivity contribution in [2.75, 3.05) is 33.5 Å². The number of unbranched alkanes of at least 4 members (excludes halogenated alkanes) is 2. The molecule has 1 rings (SSSR count). The van der Waals surface area contributed by atoms with Gasteiger partial charge in [0.2, 0.25) is 11.8 Å². The normalized spacial score (nSPS) is 23.1. The first-order valence-corrected chi connectivity index (χ1v) is 10.2. The van der Waals surface area contributed by atoms with Crippen LogP contribution in [-0.2, 0) is 23.2 Å². The van der Waals surface area contributed by atoms with E-state index in [1.54, 1.807) is 4.90 Å². The van der Waals surface area contributed by atoms with Crippen molar-refractivity contribution >= 4 is 19.4 Å². The Balaban J connectivity index is 2.37. The molecule has 24 heavy (non-hydrogen) atoms. The fraction of sp³-hybridized carbons (Fsp3) is 0.867. The van der Waals surface area contributed by atoms with Crippen LogP contribution < -0.4 is 5.32 Å². The molecule has 0 bridgehead atoms. The summed E-state index contributed by atoms with van der Waals surface area (Å²) in [5.41, 5.74) is 0. The molecule has 0 aliphatic carbocycles. The van der Waals surface area contributed by atoms with Gasteiger partial charge in [-0.2, -0.15) is 0 Å². The SMILES string of the molecule is COP(C)(=O)O[C@@H]1C[C@@H](CO)N(C(=O)CCCCCNC(C)=O)C1. The van der Waals surface area contributed by atoms with E-state index in [0.717, 1.165) is 19.3 Å². The fourth-order valence-electron chi connectivity index (χ4n) is 2.73. The second kappa shape index (κ2) is 10.1. The molecule has 0 spiro atoms. The number of amides is 2. The molecule has 3 atom stereocenters. The van der Waals surface area contributed by atoms with Gasteiger partial charge in [-0.15, -0.1) is 0 Å². The zero-order valence-electron chi connectivity index (χ0n) is 14.7. The van der Waals surface area contributed by atoms with E-state index in [-0.39, 0.29) is 30.6 Å². The summed E-state index contributed by atoms with van der Waals surface area (Å²) < 4.78 is 22.1. The zero-order valence-corrected chi connectivity index (χ0v) is 15.6. The van der Waals surface area contributed by atoms with Gasteiger partial charge in [-0.05, 0) is 19.3 Å². The Labute approximate surface area is 143 Å². The van der Waals surface area contributed by atoms with Gasteiger partial charge < -0.3 is 24.4 Å². The van der Waals surface area contributed by atoms with E-state index in [4.69, 9.17) is 9.05 Å². The third-order valence-corrected chi connectivity index (χ3v) is 5.37. The lowest BCUT2D eigenvalue weighted by atomic mass is 10.1. The van der Waals surface area contributed by atoms with Crippen molar-refractivity contribution in [3.8, 4) is 0 Å². The topological polar surface area (TPSA) is 105 Å². The maximum absolute atomic E-state index is 12.3. The molecule has 1 aliphatic heterocycles. The van der Waals surface area contributed by atoms with Crippen LogP contribution in [0, 0.1) is 0 Å². The quantitative estimate of drug-likeness (QED) is 0.445. The highest BCUT2D eigenvalue weighted by atomic mass is 31.2. The lowest BCUT2D eigenvalue weighted by molar-refractivity contribution is -0.133. The van der Waals surface area contributed by atoms with Crippen LogP contribution in [-0.4, -0.2) is 67.4 Å². The molecule has 0 radical (unpaired) electrons. The first kappa shape index (κ1) is 21.1. The summed E-state index contributed by atoms with van der Waals surface area (Å²) in [5.74, 6) is -0.0905. The highest BCUT2D eigenvalue weighted by molar-refractivity contribution is 7.52. The summed E-state index contributed by atoms with van der Waals surface area (Å²) in [6.45, 7) is 3.65. The van der Waals surface area contributed by atoms with E-state index >= 15 is 0 Å². The van der Waals surface area contributed by atoms with Gasteiger partial charge in [0.15, 0.2) is 0 Å². The second-order valence-electron chi connectivity index (χ2n) is 6.09. The summed E-state index contributed by atoms with van der Waals surface area (Å²) in [7, 11) is -1.79. The van der Waals surface area contributed by atoms with Crippen LogP contribution in [0.3, 0.4) is 0 Å². The number of aliphatic hydroxyl groups is 1. The van der Waals surface area contributed by atoms with Crippen molar-refractivity contribution in [2.24, 2.45) is 0 Å². The molecule has 1 fully saturated rings. The van der Waals surface area contributed by atoms with Crippen molar-refractivity contribution < 1.29 is 28.3 Å². The number of nitrogens with zero attached hydrogens (tertiary/aromatic N) is 1. The zero-order chi connectivity index (χ0) is 18.2. The van der Waals surface area contributed by atoms with Crippen molar-refractivity contribution in [3.05, 3.63) is 0 Å². The maximum atomic E-state index is 12.3. The standard InChI is InChI=1S/C15H29N2O6P/c1-12(19)16-8-6-4-5-7-15(20)17-10-14(9-13(17)11-18)23-24(3,21)22-2/h13-14,18H,4-11H2,1-3H3,(H,16,19)/t13-,14+,24?/m0/s1. The molecule has 140 valence electrons. The minimum absolute atomic E-state index is 0.0389. The predicted molar refractivity (Wildman–Crippen MR) is 89.8 cm³/mol. The Kier molecular flexibility index (Phi) is 8.91. The number of carbonyl (C=O) groups is 2. The lowest BCUT2D eigenvalue weighted by Crippen LogP contribution is -2.37. The van der Waals surface area contributed by atoms with Crippen LogP contribution in [0.25, 0.3) is 0 Å². The molecule has 2 N–H and O–H groups in total. The molecule has 1 saturated heterocycles. The van der Waals surface area contributed by atoms with Gasteiger partial charge in [0.05, 0.1) is 18.8 Å². The van der Waals surface area contributed by atoms with Crippen molar-refractivity contribution in [1.82, 2.24) is 10.2 Å². The summed E-state index contributed by atoms with van der Waals surface area (Å²) in [6, 6.07) is -0.307. The number of hydrogen-bond acceptors (Lipinski definition) is 6. The fourth-order valence-corrected chi connectivity index (χ4v) is 3.51. The third-order valence-electron chi connectivity index (χ3n) is 4.02. The Morgan fingerprint density at radius 3 is 2.62 bits per heavy atom. The number of likely N-dealkylation sites (tertiary alicyclic amines) is 1. The van der Waals surface area contributed by atoms with Crippen LogP contribution >= 0.6 is 7.60 Å². The number of aliphatic hydroxyl groups excluding tert-OH is 1. The molecular formula is C15H29N2O6P. The average molecular weight is 364 g/mol. The Hall–Kier alpha value is -0.950. The number of nitrogens with one attached hydrogen (secondary N) is 1. The van der Waals surface area contributed by atoms with Gasteiger partial charge in [0, 0.05) is 40.2 Å². The molecule has 0 aromatic rings. The van der Waals surface area contributed by atoms with Crippen molar-refractivity contribution in [3.63, 3.8) is 0 Å². The third kappa shape index (κ3) is 7.30. The number of rotatable bonds is 10. The van der Waals surface area contributed by atoms with Gasteiger partial charge in [0.1, 0.15) is 0 Å². The molecule has 1 heterocycles. The van der Waals surface area contributed by atoms with Gasteiger partial charge in [0.25, 0.3) is 0 Å². The monoisotopic (exact) mass is 364 g/mol. The number of carbonyl (C=O) groups excluding carboxylic acids is 2. The molecule has 2 amide bonds. The molecule has 0 aromatic heterocycles. The van der Waals surface area contributed by atoms with E-state index in [1.165, 1.54) is 20.7 Å². The minimum Gasteiger partial charge on any atom is -0.394 e. The average Bonchev–Trinajstić information content (AvgIpc) is 2.92. The van der Waals surface area contributed by atoms with Crippen LogP contribution in [0.15, 0.2) is 0 Å². The molecule has 0 aromatic carbocycles. The molecule has 8 nitrogen and oxygen atoms in total. The van der Waals surface area contributed by atoms with Crippen LogP contribution in [0.2, 0.25) is 0 Å². The smallest absolute Gasteiger partial charge is 0.327 e. The van der Waals surface area contributed by atoms with E-state index in [2.05, 4.69) is 5.32 Å². The Morgan fingerprint density at radius 1 is 1.33 bits per heavy atom. The van der Waals surface area contributed by atoms with Gasteiger partial charge in [-0.25, -0.2) is 0 Å². The maximum Gasteiger partial charge on any atom is 0.327 e. The summed E-state index contributed by atoms with van der Waals surface area (Å²) >= 11 is 0. The first-order valence-electron chi connectivity index (χ1n) is 8.25. The first-order chi connectivity index (χ1) is 11.3. The van der Waals surface area contributed by atoms with Gasteiger partial charge >= 0.3 is 7.60 Å². The highest BCUT2D eigenvalue weighted by Crippen LogP contribution is 2.45. The predicted octanol–water partition coefficient (Wildman–Crippen LogP) is 1.13. The van der Waals surface area contributed by atoms with Crippen molar-refractivity contribution in [1.29, 1.82) is 0 Å². The highest BCUT2D eigenvalue weighted by Gasteiger charge is 2.37. The van der Waals surface area contributed by atoms with Crippen LogP contribution in [0.4, 0.5) is 0 Å². The van der Waals surface area contributed by atoms with E-state index in [9.17, 15) is 19.3 Å². The van der Waals surface area contributed by atoms with Crippen LogP contribution in [0.5, 0.6) is 0 Å². The summed E-state index contributed by atoms with van der Waals surface area (Å²) in [5, 5.41) is 12.2. The van der Waals surface area contributed by atoms with Gasteiger partial charge in [-0.3, -0.25) is 14.2 Å². The lowest BCUT2D eigenvalue weighted by Gasteiger charge is -2.23. The van der Waals surface area contributed by atoms with E-state index in [1.807, 2.05) is 0 Å². The second-order valence-corrected chi connectivity index (χ2v) is 8.21. The molecular weight excluding hydrogens is 335 g/mol. The molecule has 1 aliphatic rings. The number of hydrogen-bond donors (Lipinski definition) is 2. The summed E-state index contributed by atoms with van der Waals surface area (Å²) in [4.78, 5) is 24.7. The van der Waals surface area contributed by atoms with Crippen molar-refractivity contribution in [2.45, 2.75) is 51.2 Å². The molecule has 0 saturated carbocycles. The van der Waals surface area contributed by atoms with Crippen LogP contribution in [0.1, 0.15) is 39.0 Å². The summed E-state index contributed by atoms with van der Waals surface area (Å²) in [6.07, 6.45) is 2.85. The van der Waals surface area contributed by atoms with Gasteiger partial charge in [-0.1, -0.05) is 6.42 Å². The Bertz CT molecular complexity index is 473.